The van der Waals surface area contributed by atoms with Gasteiger partial charge in [0.15, 0.2) is 0 Å². The number of pyridine rings is 1. The van der Waals surface area contributed by atoms with Crippen LogP contribution in [0.25, 0.3) is 27.7 Å². The van der Waals surface area contributed by atoms with Gasteiger partial charge in [-0.25, -0.2) is 0 Å². The lowest BCUT2D eigenvalue weighted by Gasteiger charge is -2.07. The maximum atomic E-state index is 9.46. The molecule has 2 heterocycles. The quantitative estimate of drug-likeness (QED) is 0.533. The molecule has 3 nitrogen and oxygen atoms in total. The van der Waals surface area contributed by atoms with Crippen LogP contribution in [0.15, 0.2) is 77.7 Å². The molecule has 0 saturated heterocycles. The highest BCUT2D eigenvalue weighted by Crippen LogP contribution is 2.32. The van der Waals surface area contributed by atoms with E-state index in [0.717, 1.165) is 32.2 Å². The molecule has 4 rings (SSSR count). The van der Waals surface area contributed by atoms with Gasteiger partial charge in [-0.1, -0.05) is 24.3 Å². The van der Waals surface area contributed by atoms with Gasteiger partial charge in [-0.3, -0.25) is 4.98 Å². The summed E-state index contributed by atoms with van der Waals surface area (Å²) < 4.78 is 3.20. The molecule has 0 radical (unpaired) electrons. The van der Waals surface area contributed by atoms with Crippen LogP contribution in [-0.2, 0) is 0 Å². The second-order valence-electron chi connectivity index (χ2n) is 5.33. The number of nitrogens with zero attached hydrogens (tertiary/aromatic N) is 2. The molecule has 0 bridgehead atoms. The Kier molecular flexibility index (Phi) is 3.39. The highest BCUT2D eigenvalue weighted by Gasteiger charge is 2.09. The van der Waals surface area contributed by atoms with Gasteiger partial charge in [-0.2, -0.15) is 0 Å². The number of hydrogen-bond acceptors (Lipinski definition) is 2. The second-order valence-corrected chi connectivity index (χ2v) is 6.19. The Labute approximate surface area is 142 Å². The Hall–Kier alpha value is -2.59. The van der Waals surface area contributed by atoms with Crippen molar-refractivity contribution in [3.05, 3.63) is 77.7 Å². The van der Waals surface area contributed by atoms with E-state index < -0.39 is 0 Å². The zero-order valence-corrected chi connectivity index (χ0v) is 13.7. The van der Waals surface area contributed by atoms with Crippen LogP contribution in [0.2, 0.25) is 0 Å². The summed E-state index contributed by atoms with van der Waals surface area (Å²) in [4.78, 5) is 4.08. The third-order valence-electron chi connectivity index (χ3n) is 3.90. The number of fused-ring (bicyclic) bond motifs is 1. The van der Waals surface area contributed by atoms with E-state index >= 15 is 0 Å². The van der Waals surface area contributed by atoms with Gasteiger partial charge in [0.25, 0.3) is 0 Å². The van der Waals surface area contributed by atoms with Gasteiger partial charge in [-0.15, -0.1) is 0 Å². The molecule has 23 heavy (non-hydrogen) atoms. The predicted molar refractivity (Wildman–Crippen MR) is 95.9 cm³/mol. The van der Waals surface area contributed by atoms with E-state index in [-0.39, 0.29) is 5.75 Å². The van der Waals surface area contributed by atoms with E-state index in [1.165, 1.54) is 0 Å². The molecule has 0 spiro atoms. The first-order valence-electron chi connectivity index (χ1n) is 7.23. The largest absolute Gasteiger partial charge is 0.508 e. The summed E-state index contributed by atoms with van der Waals surface area (Å²) in [5.74, 6) is 0.276. The van der Waals surface area contributed by atoms with Crippen molar-refractivity contribution in [2.24, 2.45) is 0 Å². The third kappa shape index (κ3) is 2.51. The zero-order valence-electron chi connectivity index (χ0n) is 12.1. The van der Waals surface area contributed by atoms with Crippen molar-refractivity contribution in [3.63, 3.8) is 0 Å². The molecule has 1 N–H and O–H groups in total. The van der Waals surface area contributed by atoms with Gasteiger partial charge < -0.3 is 9.67 Å². The SMILES string of the molecule is Oc1ccc(-c2ccc3c(Br)cn(-c4ccncc4)c3c2)cc1. The molecule has 0 amide bonds. The van der Waals surface area contributed by atoms with Crippen molar-refractivity contribution >= 4 is 26.8 Å². The van der Waals surface area contributed by atoms with E-state index in [2.05, 4.69) is 49.9 Å². The molecule has 2 aromatic heterocycles. The topological polar surface area (TPSA) is 38.0 Å². The van der Waals surface area contributed by atoms with Gasteiger partial charge in [0, 0.05) is 34.1 Å². The van der Waals surface area contributed by atoms with Crippen molar-refractivity contribution in [2.75, 3.05) is 0 Å². The third-order valence-corrected chi connectivity index (χ3v) is 4.53. The molecule has 0 aliphatic carbocycles. The standard InChI is InChI=1S/C19H13BrN2O/c20-18-12-22(15-7-9-21-10-8-15)19-11-14(3-6-17(18)19)13-1-4-16(23)5-2-13/h1-12,23H. The Morgan fingerprint density at radius 1 is 0.870 bits per heavy atom. The fraction of sp³-hybridized carbons (Fsp3) is 0. The Morgan fingerprint density at radius 3 is 2.30 bits per heavy atom. The average Bonchev–Trinajstić information content (AvgIpc) is 2.93. The second kappa shape index (κ2) is 5.56. The molecular weight excluding hydrogens is 352 g/mol. The van der Waals surface area contributed by atoms with Crippen LogP contribution in [0.1, 0.15) is 0 Å². The van der Waals surface area contributed by atoms with Crippen molar-refractivity contribution in [2.45, 2.75) is 0 Å². The number of phenols is 1. The van der Waals surface area contributed by atoms with Crippen LogP contribution in [-0.4, -0.2) is 14.7 Å². The zero-order chi connectivity index (χ0) is 15.8. The number of aromatic nitrogens is 2. The van der Waals surface area contributed by atoms with Crippen LogP contribution in [0.4, 0.5) is 0 Å². The minimum absolute atomic E-state index is 0.276. The lowest BCUT2D eigenvalue weighted by Crippen LogP contribution is -1.91. The van der Waals surface area contributed by atoms with Crippen molar-refractivity contribution in [3.8, 4) is 22.6 Å². The Morgan fingerprint density at radius 2 is 1.57 bits per heavy atom. The highest BCUT2D eigenvalue weighted by molar-refractivity contribution is 9.10. The van der Waals surface area contributed by atoms with Crippen molar-refractivity contribution < 1.29 is 5.11 Å². The number of rotatable bonds is 2. The molecule has 112 valence electrons. The molecular formula is C19H13BrN2O. The Balaban J connectivity index is 1.92. The lowest BCUT2D eigenvalue weighted by atomic mass is 10.0. The lowest BCUT2D eigenvalue weighted by molar-refractivity contribution is 0.475. The summed E-state index contributed by atoms with van der Waals surface area (Å²) in [6.45, 7) is 0. The normalized spacial score (nSPS) is 11.0. The van der Waals surface area contributed by atoms with E-state index in [0.29, 0.717) is 0 Å². The molecule has 0 fully saturated rings. The van der Waals surface area contributed by atoms with E-state index in [9.17, 15) is 5.11 Å². The molecule has 0 unspecified atom stereocenters. The minimum atomic E-state index is 0.276. The first kappa shape index (κ1) is 14.0. The number of benzene rings is 2. The monoisotopic (exact) mass is 364 g/mol. The molecule has 2 aromatic carbocycles. The first-order chi connectivity index (χ1) is 11.2. The molecule has 0 aliphatic rings. The molecule has 0 atom stereocenters. The average molecular weight is 365 g/mol. The van der Waals surface area contributed by atoms with Gasteiger partial charge in [0.1, 0.15) is 5.75 Å². The highest BCUT2D eigenvalue weighted by atomic mass is 79.9. The van der Waals surface area contributed by atoms with Gasteiger partial charge in [0.2, 0.25) is 0 Å². The fourth-order valence-corrected chi connectivity index (χ4v) is 3.28. The molecule has 0 aliphatic heterocycles. The van der Waals surface area contributed by atoms with Gasteiger partial charge in [0.05, 0.1) is 5.52 Å². The summed E-state index contributed by atoms with van der Waals surface area (Å²) in [6, 6.07) is 17.6. The van der Waals surface area contributed by atoms with Crippen LogP contribution in [0, 0.1) is 0 Å². The summed E-state index contributed by atoms with van der Waals surface area (Å²) in [5, 5.41) is 10.6. The maximum Gasteiger partial charge on any atom is 0.115 e. The molecule has 4 aromatic rings. The minimum Gasteiger partial charge on any atom is -0.508 e. The van der Waals surface area contributed by atoms with Crippen molar-refractivity contribution in [1.82, 2.24) is 9.55 Å². The molecule has 0 saturated carbocycles. The predicted octanol–water partition coefficient (Wildman–Crippen LogP) is 5.16. The van der Waals surface area contributed by atoms with E-state index in [1.807, 2.05) is 24.3 Å². The fourth-order valence-electron chi connectivity index (χ4n) is 2.74. The Bertz CT molecular complexity index is 976. The smallest absolute Gasteiger partial charge is 0.115 e. The van der Waals surface area contributed by atoms with Crippen LogP contribution in [0.5, 0.6) is 5.75 Å². The summed E-state index contributed by atoms with van der Waals surface area (Å²) in [7, 11) is 0. The summed E-state index contributed by atoms with van der Waals surface area (Å²) in [6.07, 6.45) is 5.65. The maximum absolute atomic E-state index is 9.46. The molecule has 4 heteroatoms. The van der Waals surface area contributed by atoms with E-state index in [1.54, 1.807) is 24.5 Å². The van der Waals surface area contributed by atoms with E-state index in [4.69, 9.17) is 0 Å². The number of aromatic hydroxyl groups is 1. The summed E-state index contributed by atoms with van der Waals surface area (Å²) >= 11 is 3.64. The number of hydrogen-bond donors (Lipinski definition) is 1. The number of halogens is 1. The van der Waals surface area contributed by atoms with Crippen LogP contribution >= 0.6 is 15.9 Å². The van der Waals surface area contributed by atoms with Crippen LogP contribution in [0.3, 0.4) is 0 Å². The first-order valence-corrected chi connectivity index (χ1v) is 8.02. The van der Waals surface area contributed by atoms with Gasteiger partial charge in [-0.05, 0) is 57.4 Å². The van der Waals surface area contributed by atoms with Gasteiger partial charge >= 0.3 is 0 Å². The van der Waals surface area contributed by atoms with Crippen LogP contribution < -0.4 is 0 Å². The number of phenolic OH excluding ortho intramolecular Hbond substituents is 1. The summed E-state index contributed by atoms with van der Waals surface area (Å²) in [5.41, 5.74) is 4.37. The van der Waals surface area contributed by atoms with Crippen molar-refractivity contribution in [1.29, 1.82) is 0 Å².